The van der Waals surface area contributed by atoms with Gasteiger partial charge in [0.25, 0.3) is 0 Å². The summed E-state index contributed by atoms with van der Waals surface area (Å²) in [5.74, 6) is 0. The lowest BCUT2D eigenvalue weighted by Crippen LogP contribution is -2.35. The molecular weight excluding hydrogens is 327 g/mol. The molecule has 1 aliphatic rings. The van der Waals surface area contributed by atoms with Crippen LogP contribution in [0.1, 0.15) is 31.2 Å². The first-order valence-electron chi connectivity index (χ1n) is 7.51. The van der Waals surface area contributed by atoms with Gasteiger partial charge in [0.1, 0.15) is 0 Å². The lowest BCUT2D eigenvalue weighted by atomic mass is 9.91. The Bertz CT molecular complexity index is 718. The highest BCUT2D eigenvalue weighted by Crippen LogP contribution is 2.36. The lowest BCUT2D eigenvalue weighted by Gasteiger charge is -2.29. The number of fused-ring (bicyclic) bond motifs is 1. The molecule has 1 aromatic heterocycles. The molecule has 1 aromatic carbocycles. The Hall–Kier alpha value is -1.53. The first-order chi connectivity index (χ1) is 10.8. The molecule has 0 unspecified atom stereocenters. The number of aromatic nitrogens is 1. The Kier molecular flexibility index (Phi) is 4.38. The van der Waals surface area contributed by atoms with E-state index in [-0.39, 0.29) is 17.6 Å². The summed E-state index contributed by atoms with van der Waals surface area (Å²) in [5, 5.41) is 4.19. The number of pyridine rings is 1. The number of halogens is 4. The molecule has 3 N–H and O–H groups in total. The van der Waals surface area contributed by atoms with Crippen molar-refractivity contribution in [2.45, 2.75) is 43.9 Å². The van der Waals surface area contributed by atoms with Crippen molar-refractivity contribution in [2.24, 2.45) is 5.73 Å². The van der Waals surface area contributed by atoms with E-state index in [1.54, 1.807) is 6.07 Å². The van der Waals surface area contributed by atoms with E-state index < -0.39 is 11.7 Å². The molecule has 1 saturated carbocycles. The van der Waals surface area contributed by atoms with Crippen LogP contribution in [0.2, 0.25) is 5.02 Å². The smallest absolute Gasteiger partial charge is 0.382 e. The molecular formula is C16H17ClF3N3. The highest BCUT2D eigenvalue weighted by Gasteiger charge is 2.32. The Morgan fingerprint density at radius 1 is 1.22 bits per heavy atom. The van der Waals surface area contributed by atoms with E-state index in [2.05, 4.69) is 10.3 Å². The second-order valence-electron chi connectivity index (χ2n) is 6.01. The molecule has 0 radical (unpaired) electrons. The van der Waals surface area contributed by atoms with Crippen LogP contribution in [-0.4, -0.2) is 17.1 Å². The maximum absolute atomic E-state index is 13.1. The normalized spacial score (nSPS) is 22.3. The van der Waals surface area contributed by atoms with Crippen molar-refractivity contribution in [3.8, 4) is 0 Å². The second kappa shape index (κ2) is 6.17. The molecule has 0 bridgehead atoms. The van der Waals surface area contributed by atoms with Crippen molar-refractivity contribution in [2.75, 3.05) is 5.32 Å². The number of nitrogens with two attached hydrogens (primary N) is 1. The molecule has 1 aliphatic carbocycles. The zero-order valence-electron chi connectivity index (χ0n) is 12.3. The summed E-state index contributed by atoms with van der Waals surface area (Å²) in [6.07, 6.45) is 0.480. The Morgan fingerprint density at radius 3 is 2.70 bits per heavy atom. The molecule has 0 amide bonds. The van der Waals surface area contributed by atoms with Gasteiger partial charge in [-0.15, -0.1) is 0 Å². The number of hydrogen-bond donors (Lipinski definition) is 2. The summed E-state index contributed by atoms with van der Waals surface area (Å²) in [4.78, 5) is 4.03. The minimum absolute atomic E-state index is 0.0596. The summed E-state index contributed by atoms with van der Waals surface area (Å²) >= 11 is 5.95. The van der Waals surface area contributed by atoms with Crippen molar-refractivity contribution in [3.63, 3.8) is 0 Å². The van der Waals surface area contributed by atoms with Gasteiger partial charge in [-0.1, -0.05) is 11.6 Å². The van der Waals surface area contributed by atoms with E-state index in [9.17, 15) is 13.2 Å². The summed E-state index contributed by atoms with van der Waals surface area (Å²) in [7, 11) is 0. The minimum atomic E-state index is -4.42. The average molecular weight is 344 g/mol. The first kappa shape index (κ1) is 16.3. The standard InChI is InChI=1S/C16H17ClF3N3/c17-10-6-13-14(22-8-10)4-9(16(18,19)20)5-15(13)23-12-3-1-2-11(21)7-12/h4-6,8,11-12,23H,1-3,7,21H2/t11-,12+/m1/s1. The fourth-order valence-electron chi connectivity index (χ4n) is 3.06. The van der Waals surface area contributed by atoms with Crippen LogP contribution in [0.25, 0.3) is 10.9 Å². The van der Waals surface area contributed by atoms with Gasteiger partial charge in [0.2, 0.25) is 0 Å². The summed E-state index contributed by atoms with van der Waals surface area (Å²) in [5.41, 5.74) is 5.92. The van der Waals surface area contributed by atoms with E-state index in [1.807, 2.05) is 0 Å². The Morgan fingerprint density at radius 2 is 2.00 bits per heavy atom. The summed E-state index contributed by atoms with van der Waals surface area (Å²) in [6, 6.07) is 3.95. The van der Waals surface area contributed by atoms with Gasteiger partial charge in [-0.2, -0.15) is 13.2 Å². The molecule has 3 nitrogen and oxygen atoms in total. The Balaban J connectivity index is 2.03. The van der Waals surface area contributed by atoms with Gasteiger partial charge in [-0.3, -0.25) is 4.98 Å². The predicted molar refractivity (Wildman–Crippen MR) is 85.6 cm³/mol. The third kappa shape index (κ3) is 3.70. The number of rotatable bonds is 2. The fraction of sp³-hybridized carbons (Fsp3) is 0.438. The maximum Gasteiger partial charge on any atom is 0.416 e. The molecule has 1 heterocycles. The van der Waals surface area contributed by atoms with Crippen LogP contribution in [0.15, 0.2) is 24.4 Å². The van der Waals surface area contributed by atoms with Gasteiger partial charge in [-0.05, 0) is 43.9 Å². The molecule has 3 rings (SSSR count). The van der Waals surface area contributed by atoms with E-state index >= 15 is 0 Å². The maximum atomic E-state index is 13.1. The molecule has 1 fully saturated rings. The SMILES string of the molecule is N[C@@H]1CCC[C@H](Nc2cc(C(F)(F)F)cc3ncc(Cl)cc23)C1. The fourth-order valence-corrected chi connectivity index (χ4v) is 3.22. The van der Waals surface area contributed by atoms with Crippen LogP contribution in [0, 0.1) is 0 Å². The van der Waals surface area contributed by atoms with Crippen molar-refractivity contribution < 1.29 is 13.2 Å². The Labute approximate surface area is 137 Å². The van der Waals surface area contributed by atoms with Gasteiger partial charge < -0.3 is 11.1 Å². The predicted octanol–water partition coefficient (Wildman–Crippen LogP) is 4.59. The average Bonchev–Trinajstić information content (AvgIpc) is 2.46. The van der Waals surface area contributed by atoms with Crippen LogP contribution in [0.4, 0.5) is 18.9 Å². The highest BCUT2D eigenvalue weighted by atomic mass is 35.5. The molecule has 124 valence electrons. The largest absolute Gasteiger partial charge is 0.416 e. The van der Waals surface area contributed by atoms with Crippen LogP contribution < -0.4 is 11.1 Å². The van der Waals surface area contributed by atoms with E-state index in [0.29, 0.717) is 16.1 Å². The molecule has 23 heavy (non-hydrogen) atoms. The molecule has 2 atom stereocenters. The molecule has 0 aliphatic heterocycles. The third-order valence-corrected chi connectivity index (χ3v) is 4.38. The quantitative estimate of drug-likeness (QED) is 0.838. The van der Waals surface area contributed by atoms with Gasteiger partial charge in [-0.25, -0.2) is 0 Å². The van der Waals surface area contributed by atoms with Gasteiger partial charge in [0.05, 0.1) is 16.1 Å². The summed E-state index contributed by atoms with van der Waals surface area (Å²) < 4.78 is 39.3. The molecule has 0 spiro atoms. The molecule has 0 saturated heterocycles. The summed E-state index contributed by atoms with van der Waals surface area (Å²) in [6.45, 7) is 0. The van der Waals surface area contributed by atoms with Crippen LogP contribution in [0.3, 0.4) is 0 Å². The van der Waals surface area contributed by atoms with Gasteiger partial charge in [0, 0.05) is 29.4 Å². The number of nitrogens with zero attached hydrogens (tertiary/aromatic N) is 1. The second-order valence-corrected chi connectivity index (χ2v) is 6.45. The number of hydrogen-bond acceptors (Lipinski definition) is 3. The van der Waals surface area contributed by atoms with Crippen molar-refractivity contribution in [3.05, 3.63) is 35.0 Å². The number of benzene rings is 1. The van der Waals surface area contributed by atoms with Crippen molar-refractivity contribution in [1.29, 1.82) is 0 Å². The molecule has 2 aromatic rings. The zero-order chi connectivity index (χ0) is 16.6. The number of nitrogens with one attached hydrogen (secondary N) is 1. The topological polar surface area (TPSA) is 50.9 Å². The van der Waals surface area contributed by atoms with E-state index in [0.717, 1.165) is 37.8 Å². The monoisotopic (exact) mass is 343 g/mol. The number of anilines is 1. The van der Waals surface area contributed by atoms with Gasteiger partial charge in [0.15, 0.2) is 0 Å². The first-order valence-corrected chi connectivity index (χ1v) is 7.89. The molecule has 7 heteroatoms. The third-order valence-electron chi connectivity index (χ3n) is 4.17. The van der Waals surface area contributed by atoms with Crippen LogP contribution >= 0.6 is 11.6 Å². The minimum Gasteiger partial charge on any atom is -0.382 e. The zero-order valence-corrected chi connectivity index (χ0v) is 13.1. The van der Waals surface area contributed by atoms with E-state index in [4.69, 9.17) is 17.3 Å². The van der Waals surface area contributed by atoms with Crippen molar-refractivity contribution in [1.82, 2.24) is 4.98 Å². The van der Waals surface area contributed by atoms with Gasteiger partial charge >= 0.3 is 6.18 Å². The van der Waals surface area contributed by atoms with Crippen molar-refractivity contribution >= 4 is 28.2 Å². The number of alkyl halides is 3. The van der Waals surface area contributed by atoms with Crippen LogP contribution in [-0.2, 0) is 6.18 Å². The van der Waals surface area contributed by atoms with Crippen LogP contribution in [0.5, 0.6) is 0 Å². The van der Waals surface area contributed by atoms with E-state index in [1.165, 1.54) is 6.20 Å². The highest BCUT2D eigenvalue weighted by molar-refractivity contribution is 6.31. The lowest BCUT2D eigenvalue weighted by molar-refractivity contribution is -0.137.